The second kappa shape index (κ2) is 6.14. The van der Waals surface area contributed by atoms with E-state index in [4.69, 9.17) is 10.00 Å². The van der Waals surface area contributed by atoms with E-state index in [1.807, 2.05) is 18.2 Å². The third-order valence-electron chi connectivity index (χ3n) is 2.08. The van der Waals surface area contributed by atoms with Gasteiger partial charge >= 0.3 is 0 Å². The molecule has 0 amide bonds. The fourth-order valence-corrected chi connectivity index (χ4v) is 2.09. The first kappa shape index (κ1) is 12.5. The Balaban J connectivity index is 2.92. The maximum absolute atomic E-state index is 8.89. The first-order chi connectivity index (χ1) is 7.21. The monoisotopic (exact) mass is 331 g/mol. The average molecular weight is 333 g/mol. The molecular formula is C11H11Br2NO. The highest BCUT2D eigenvalue weighted by molar-refractivity contribution is 9.10. The van der Waals surface area contributed by atoms with Crippen LogP contribution >= 0.6 is 31.9 Å². The molecule has 80 valence electrons. The Hall–Kier alpha value is -0.530. The standard InChI is InChI=1S/C11H11Br2NO/c1-15-11-3-2-10(13)5-9(11)4-8(6-12)7-14/h2-3,5,8H,4,6H2,1H3. The summed E-state index contributed by atoms with van der Waals surface area (Å²) in [7, 11) is 1.64. The van der Waals surface area contributed by atoms with Gasteiger partial charge in [0.25, 0.3) is 0 Å². The van der Waals surface area contributed by atoms with Crippen LogP contribution in [-0.2, 0) is 6.42 Å². The third kappa shape index (κ3) is 3.51. The van der Waals surface area contributed by atoms with Gasteiger partial charge in [0.1, 0.15) is 5.75 Å². The molecule has 0 saturated carbocycles. The van der Waals surface area contributed by atoms with Crippen molar-refractivity contribution < 1.29 is 4.74 Å². The fraction of sp³-hybridized carbons (Fsp3) is 0.364. The molecular weight excluding hydrogens is 322 g/mol. The Morgan fingerprint density at radius 2 is 2.27 bits per heavy atom. The van der Waals surface area contributed by atoms with Crippen molar-refractivity contribution >= 4 is 31.9 Å². The predicted molar refractivity (Wildman–Crippen MR) is 67.3 cm³/mol. The van der Waals surface area contributed by atoms with Crippen molar-refractivity contribution in [1.82, 2.24) is 0 Å². The lowest BCUT2D eigenvalue weighted by molar-refractivity contribution is 0.408. The molecule has 0 aromatic heterocycles. The van der Waals surface area contributed by atoms with Gasteiger partial charge in [0.05, 0.1) is 19.1 Å². The zero-order chi connectivity index (χ0) is 11.3. The number of hydrogen-bond donors (Lipinski definition) is 0. The van der Waals surface area contributed by atoms with Crippen LogP contribution in [-0.4, -0.2) is 12.4 Å². The quantitative estimate of drug-likeness (QED) is 0.790. The first-order valence-electron chi connectivity index (χ1n) is 4.49. The van der Waals surface area contributed by atoms with Crippen molar-refractivity contribution in [3.05, 3.63) is 28.2 Å². The molecule has 4 heteroatoms. The summed E-state index contributed by atoms with van der Waals surface area (Å²) in [6.45, 7) is 0. The first-order valence-corrected chi connectivity index (χ1v) is 6.40. The number of benzene rings is 1. The van der Waals surface area contributed by atoms with E-state index in [1.165, 1.54) is 0 Å². The van der Waals surface area contributed by atoms with Crippen LogP contribution in [0.15, 0.2) is 22.7 Å². The summed E-state index contributed by atoms with van der Waals surface area (Å²) in [4.78, 5) is 0. The Labute approximate surface area is 106 Å². The minimum Gasteiger partial charge on any atom is -0.496 e. The van der Waals surface area contributed by atoms with Gasteiger partial charge in [0, 0.05) is 9.80 Å². The number of ether oxygens (including phenoxy) is 1. The number of nitrogens with zero attached hydrogens (tertiary/aromatic N) is 1. The minimum atomic E-state index is -0.0202. The van der Waals surface area contributed by atoms with Crippen LogP contribution in [0.1, 0.15) is 5.56 Å². The molecule has 0 bridgehead atoms. The SMILES string of the molecule is COc1ccc(Br)cc1CC(C#N)CBr. The smallest absolute Gasteiger partial charge is 0.122 e. The van der Waals surface area contributed by atoms with E-state index >= 15 is 0 Å². The zero-order valence-electron chi connectivity index (χ0n) is 8.34. The number of alkyl halides is 1. The van der Waals surface area contributed by atoms with Crippen LogP contribution in [0.3, 0.4) is 0 Å². The van der Waals surface area contributed by atoms with Crippen molar-refractivity contribution in [1.29, 1.82) is 5.26 Å². The topological polar surface area (TPSA) is 33.0 Å². The molecule has 0 aliphatic rings. The summed E-state index contributed by atoms with van der Waals surface area (Å²) in [5.74, 6) is 0.813. The lowest BCUT2D eigenvalue weighted by Gasteiger charge is -2.10. The van der Waals surface area contributed by atoms with Gasteiger partial charge in [-0.2, -0.15) is 5.26 Å². The molecule has 0 spiro atoms. The average Bonchev–Trinajstić information content (AvgIpc) is 2.26. The van der Waals surface area contributed by atoms with Gasteiger partial charge in [0.2, 0.25) is 0 Å². The number of hydrogen-bond acceptors (Lipinski definition) is 2. The molecule has 1 rings (SSSR count). The highest BCUT2D eigenvalue weighted by Crippen LogP contribution is 2.25. The summed E-state index contributed by atoms with van der Waals surface area (Å²) in [5, 5.41) is 9.57. The summed E-state index contributed by atoms with van der Waals surface area (Å²) >= 11 is 6.73. The molecule has 15 heavy (non-hydrogen) atoms. The van der Waals surface area contributed by atoms with Crippen molar-refractivity contribution in [2.45, 2.75) is 6.42 Å². The molecule has 0 saturated heterocycles. The second-order valence-corrected chi connectivity index (χ2v) is 4.70. The van der Waals surface area contributed by atoms with Crippen LogP contribution < -0.4 is 4.74 Å². The molecule has 0 heterocycles. The number of nitriles is 1. The third-order valence-corrected chi connectivity index (χ3v) is 3.35. The highest BCUT2D eigenvalue weighted by atomic mass is 79.9. The molecule has 0 radical (unpaired) electrons. The molecule has 1 unspecified atom stereocenters. The zero-order valence-corrected chi connectivity index (χ0v) is 11.5. The van der Waals surface area contributed by atoms with Crippen LogP contribution in [0.5, 0.6) is 5.75 Å². The van der Waals surface area contributed by atoms with Crippen molar-refractivity contribution in [2.75, 3.05) is 12.4 Å². The Morgan fingerprint density at radius 1 is 1.53 bits per heavy atom. The van der Waals surface area contributed by atoms with Gasteiger partial charge in [-0.15, -0.1) is 0 Å². The number of methoxy groups -OCH3 is 1. The Kier molecular flexibility index (Phi) is 5.13. The van der Waals surface area contributed by atoms with Crippen LogP contribution in [0.25, 0.3) is 0 Å². The predicted octanol–water partition coefficient (Wildman–Crippen LogP) is 3.53. The van der Waals surface area contributed by atoms with Gasteiger partial charge in [-0.1, -0.05) is 31.9 Å². The summed E-state index contributed by atoms with van der Waals surface area (Å²) in [6, 6.07) is 8.08. The lowest BCUT2D eigenvalue weighted by atomic mass is 10.0. The van der Waals surface area contributed by atoms with Gasteiger partial charge in [-0.25, -0.2) is 0 Å². The normalized spacial score (nSPS) is 11.9. The summed E-state index contributed by atoms with van der Waals surface area (Å²) in [6.07, 6.45) is 0.699. The maximum Gasteiger partial charge on any atom is 0.122 e. The molecule has 1 atom stereocenters. The van der Waals surface area contributed by atoms with E-state index in [-0.39, 0.29) is 5.92 Å². The summed E-state index contributed by atoms with van der Waals surface area (Å²) in [5.41, 5.74) is 1.05. The molecule has 0 fully saturated rings. The van der Waals surface area contributed by atoms with E-state index in [0.29, 0.717) is 11.8 Å². The Morgan fingerprint density at radius 3 is 2.80 bits per heavy atom. The fourth-order valence-electron chi connectivity index (χ4n) is 1.31. The minimum absolute atomic E-state index is 0.0202. The molecule has 1 aromatic rings. The molecule has 2 nitrogen and oxygen atoms in total. The molecule has 0 aliphatic carbocycles. The number of halogens is 2. The van der Waals surface area contributed by atoms with Crippen molar-refractivity contribution in [3.63, 3.8) is 0 Å². The van der Waals surface area contributed by atoms with E-state index in [0.717, 1.165) is 15.8 Å². The Bertz CT molecular complexity index is 373. The van der Waals surface area contributed by atoms with Crippen LogP contribution in [0, 0.1) is 17.2 Å². The second-order valence-electron chi connectivity index (χ2n) is 3.14. The van der Waals surface area contributed by atoms with Crippen LogP contribution in [0.4, 0.5) is 0 Å². The number of rotatable bonds is 4. The highest BCUT2D eigenvalue weighted by Gasteiger charge is 2.11. The van der Waals surface area contributed by atoms with E-state index in [9.17, 15) is 0 Å². The largest absolute Gasteiger partial charge is 0.496 e. The van der Waals surface area contributed by atoms with Crippen molar-refractivity contribution in [3.8, 4) is 11.8 Å². The summed E-state index contributed by atoms with van der Waals surface area (Å²) < 4.78 is 6.25. The van der Waals surface area contributed by atoms with Crippen molar-refractivity contribution in [2.24, 2.45) is 5.92 Å². The molecule has 0 aliphatic heterocycles. The van der Waals surface area contributed by atoms with E-state index in [1.54, 1.807) is 7.11 Å². The van der Waals surface area contributed by atoms with E-state index in [2.05, 4.69) is 37.9 Å². The molecule has 1 aromatic carbocycles. The van der Waals surface area contributed by atoms with Gasteiger partial charge in [0.15, 0.2) is 0 Å². The maximum atomic E-state index is 8.89. The van der Waals surface area contributed by atoms with E-state index < -0.39 is 0 Å². The van der Waals surface area contributed by atoms with Gasteiger partial charge in [-0.05, 0) is 30.2 Å². The van der Waals surface area contributed by atoms with Gasteiger partial charge in [-0.3, -0.25) is 0 Å². The van der Waals surface area contributed by atoms with Crippen LogP contribution in [0.2, 0.25) is 0 Å². The lowest BCUT2D eigenvalue weighted by Crippen LogP contribution is -2.04. The van der Waals surface area contributed by atoms with Gasteiger partial charge < -0.3 is 4.74 Å². The molecule has 0 N–H and O–H groups in total.